The van der Waals surface area contributed by atoms with Gasteiger partial charge in [-0.3, -0.25) is 14.2 Å². The minimum absolute atomic E-state index is 0.0557. The molecule has 0 N–H and O–H groups in total. The van der Waals surface area contributed by atoms with Crippen LogP contribution < -0.4 is 10.3 Å². The molecule has 0 unspecified atom stereocenters. The van der Waals surface area contributed by atoms with Crippen molar-refractivity contribution in [3.05, 3.63) is 85.9 Å². The Labute approximate surface area is 194 Å². The Hall–Kier alpha value is -3.16. The highest BCUT2D eigenvalue weighted by atomic mass is 35.5. The number of hydrogen-bond donors (Lipinski definition) is 0. The van der Waals surface area contributed by atoms with Crippen LogP contribution in [0.15, 0.2) is 65.5 Å². The molecule has 0 saturated carbocycles. The van der Waals surface area contributed by atoms with Gasteiger partial charge in [0, 0.05) is 30.5 Å². The van der Waals surface area contributed by atoms with Gasteiger partial charge < -0.3 is 9.64 Å². The highest BCUT2D eigenvalue weighted by molar-refractivity contribution is 7.16. The van der Waals surface area contributed by atoms with E-state index in [9.17, 15) is 9.59 Å². The van der Waals surface area contributed by atoms with Crippen molar-refractivity contribution in [3.63, 3.8) is 0 Å². The van der Waals surface area contributed by atoms with E-state index in [0.717, 1.165) is 4.88 Å². The van der Waals surface area contributed by atoms with Crippen molar-refractivity contribution in [2.24, 2.45) is 0 Å². The van der Waals surface area contributed by atoms with E-state index >= 15 is 0 Å². The molecule has 0 atom stereocenters. The molecule has 2 aromatic heterocycles. The molecule has 0 aliphatic carbocycles. The van der Waals surface area contributed by atoms with Gasteiger partial charge >= 0.3 is 0 Å². The molecule has 0 bridgehead atoms. The molecule has 32 heavy (non-hydrogen) atoms. The van der Waals surface area contributed by atoms with Gasteiger partial charge in [-0.1, -0.05) is 23.7 Å². The van der Waals surface area contributed by atoms with E-state index in [1.165, 1.54) is 11.3 Å². The third kappa shape index (κ3) is 4.69. The fourth-order valence-corrected chi connectivity index (χ4v) is 4.65. The van der Waals surface area contributed by atoms with Crippen molar-refractivity contribution in [1.82, 2.24) is 14.5 Å². The fourth-order valence-electron chi connectivity index (χ4n) is 3.50. The van der Waals surface area contributed by atoms with Gasteiger partial charge in [-0.15, -0.1) is 11.3 Å². The largest absolute Gasteiger partial charge is 0.497 e. The quantitative estimate of drug-likeness (QED) is 0.395. The van der Waals surface area contributed by atoms with Gasteiger partial charge in [0.15, 0.2) is 0 Å². The lowest BCUT2D eigenvalue weighted by Gasteiger charge is -2.16. The summed E-state index contributed by atoms with van der Waals surface area (Å²) >= 11 is 7.43. The molecular weight excluding hydrogens is 446 g/mol. The smallest absolute Gasteiger partial charge is 0.277 e. The first kappa shape index (κ1) is 22.0. The van der Waals surface area contributed by atoms with Crippen LogP contribution in [0.2, 0.25) is 4.34 Å². The molecule has 4 rings (SSSR count). The molecule has 2 heterocycles. The van der Waals surface area contributed by atoms with Crippen LogP contribution in [0.3, 0.4) is 0 Å². The van der Waals surface area contributed by atoms with Gasteiger partial charge in [0.25, 0.3) is 5.56 Å². The number of amides is 1. The summed E-state index contributed by atoms with van der Waals surface area (Å²) in [6.45, 7) is 0.484. The minimum atomic E-state index is -0.227. The lowest BCUT2D eigenvalue weighted by Crippen LogP contribution is -2.29. The third-order valence-electron chi connectivity index (χ3n) is 5.18. The van der Waals surface area contributed by atoms with E-state index in [2.05, 4.69) is 4.98 Å². The zero-order valence-electron chi connectivity index (χ0n) is 17.7. The Morgan fingerprint density at radius 3 is 2.56 bits per heavy atom. The van der Waals surface area contributed by atoms with Gasteiger partial charge in [-0.2, -0.15) is 0 Å². The Kier molecular flexibility index (Phi) is 6.58. The van der Waals surface area contributed by atoms with Crippen LogP contribution in [0.25, 0.3) is 16.7 Å². The summed E-state index contributed by atoms with van der Waals surface area (Å²) < 4.78 is 7.56. The van der Waals surface area contributed by atoms with Gasteiger partial charge in [0.2, 0.25) is 5.91 Å². The van der Waals surface area contributed by atoms with Crippen LogP contribution in [0.5, 0.6) is 5.75 Å². The molecule has 2 aromatic carbocycles. The summed E-state index contributed by atoms with van der Waals surface area (Å²) in [5, 5.41) is 0. The number of rotatable bonds is 7. The number of carbonyl (C=O) groups is 1. The van der Waals surface area contributed by atoms with Crippen molar-refractivity contribution < 1.29 is 9.53 Å². The molecule has 0 aliphatic rings. The third-order valence-corrected chi connectivity index (χ3v) is 6.40. The second-order valence-electron chi connectivity index (χ2n) is 7.34. The molecule has 164 valence electrons. The maximum atomic E-state index is 13.3. The van der Waals surface area contributed by atoms with Gasteiger partial charge in [0.05, 0.1) is 29.0 Å². The van der Waals surface area contributed by atoms with Crippen LogP contribution in [-0.2, 0) is 17.8 Å². The molecule has 8 heteroatoms. The lowest BCUT2D eigenvalue weighted by molar-refractivity contribution is -0.130. The number of aromatic nitrogens is 2. The molecular formula is C24H22ClN3O3S. The van der Waals surface area contributed by atoms with E-state index < -0.39 is 0 Å². The van der Waals surface area contributed by atoms with E-state index in [1.807, 2.05) is 60.7 Å². The summed E-state index contributed by atoms with van der Waals surface area (Å²) in [4.78, 5) is 33.2. The highest BCUT2D eigenvalue weighted by Gasteiger charge is 2.16. The van der Waals surface area contributed by atoms with Crippen LogP contribution in [0, 0.1) is 0 Å². The molecule has 4 aromatic rings. The minimum Gasteiger partial charge on any atom is -0.497 e. The SMILES string of the molecule is COc1ccc(-n2c(=O)c(CCC(=O)N(C)Cc3ccc(Cl)s3)nc3ccccc32)cc1. The second-order valence-corrected chi connectivity index (χ2v) is 9.14. The van der Waals surface area contributed by atoms with Crippen molar-refractivity contribution in [3.8, 4) is 11.4 Å². The van der Waals surface area contributed by atoms with Gasteiger partial charge in [0.1, 0.15) is 11.4 Å². The Morgan fingerprint density at radius 2 is 1.88 bits per heavy atom. The molecule has 1 amide bonds. The maximum absolute atomic E-state index is 13.3. The average Bonchev–Trinajstić information content (AvgIpc) is 3.22. The number of para-hydroxylation sites is 2. The van der Waals surface area contributed by atoms with Gasteiger partial charge in [-0.05, 0) is 48.5 Å². The van der Waals surface area contributed by atoms with Crippen LogP contribution in [-0.4, -0.2) is 34.5 Å². The topological polar surface area (TPSA) is 64.4 Å². The number of ether oxygens (including phenoxy) is 1. The van der Waals surface area contributed by atoms with Crippen molar-refractivity contribution in [1.29, 1.82) is 0 Å². The first-order valence-corrected chi connectivity index (χ1v) is 11.3. The monoisotopic (exact) mass is 467 g/mol. The maximum Gasteiger partial charge on any atom is 0.277 e. The standard InChI is InChI=1S/C24H22ClN3O3S/c1-27(15-18-11-13-22(25)32-18)23(29)14-12-20-24(30)28(16-7-9-17(31-2)10-8-16)21-6-4-3-5-19(21)26-20/h3-11,13H,12,14-15H2,1-2H3. The summed E-state index contributed by atoms with van der Waals surface area (Å²) in [6.07, 6.45) is 0.451. The lowest BCUT2D eigenvalue weighted by atomic mass is 10.2. The van der Waals surface area contributed by atoms with Gasteiger partial charge in [-0.25, -0.2) is 4.98 Å². The van der Waals surface area contributed by atoms with E-state index in [1.54, 1.807) is 23.6 Å². The fraction of sp³-hybridized carbons (Fsp3) is 0.208. The molecule has 0 aliphatic heterocycles. The number of halogens is 1. The van der Waals surface area contributed by atoms with Crippen LogP contribution in [0.1, 0.15) is 17.0 Å². The predicted molar refractivity (Wildman–Crippen MR) is 128 cm³/mol. The number of nitrogens with zero attached hydrogens (tertiary/aromatic N) is 3. The number of methoxy groups -OCH3 is 1. The predicted octanol–water partition coefficient (Wildman–Crippen LogP) is 4.70. The highest BCUT2D eigenvalue weighted by Crippen LogP contribution is 2.23. The number of thiophene rings is 1. The normalized spacial score (nSPS) is 11.0. The zero-order valence-corrected chi connectivity index (χ0v) is 19.3. The van der Waals surface area contributed by atoms with Crippen LogP contribution >= 0.6 is 22.9 Å². The first-order chi connectivity index (χ1) is 15.5. The van der Waals surface area contributed by atoms with Crippen LogP contribution in [0.4, 0.5) is 0 Å². The first-order valence-electron chi connectivity index (χ1n) is 10.1. The van der Waals surface area contributed by atoms with E-state index in [0.29, 0.717) is 39.0 Å². The number of carbonyl (C=O) groups excluding carboxylic acids is 1. The number of hydrogen-bond acceptors (Lipinski definition) is 5. The summed E-state index contributed by atoms with van der Waals surface area (Å²) in [6, 6.07) is 18.5. The Bertz CT molecular complexity index is 1310. The molecule has 0 spiro atoms. The van der Waals surface area contributed by atoms with E-state index in [4.69, 9.17) is 16.3 Å². The average molecular weight is 468 g/mol. The molecule has 0 saturated heterocycles. The number of aryl methyl sites for hydroxylation is 1. The summed E-state index contributed by atoms with van der Waals surface area (Å²) in [5.41, 5.74) is 2.26. The Morgan fingerprint density at radius 1 is 1.12 bits per heavy atom. The summed E-state index contributed by atoms with van der Waals surface area (Å²) in [7, 11) is 3.35. The molecule has 6 nitrogen and oxygen atoms in total. The van der Waals surface area contributed by atoms with E-state index in [-0.39, 0.29) is 24.3 Å². The second kappa shape index (κ2) is 9.54. The molecule has 0 radical (unpaired) electrons. The number of fused-ring (bicyclic) bond motifs is 1. The Balaban J connectivity index is 1.60. The summed E-state index contributed by atoms with van der Waals surface area (Å²) in [5.74, 6) is 0.654. The zero-order chi connectivity index (χ0) is 22.7. The number of benzene rings is 2. The van der Waals surface area contributed by atoms with Crippen molar-refractivity contribution in [2.45, 2.75) is 19.4 Å². The van der Waals surface area contributed by atoms with Crippen molar-refractivity contribution in [2.75, 3.05) is 14.2 Å². The van der Waals surface area contributed by atoms with Crippen molar-refractivity contribution >= 4 is 39.9 Å². The molecule has 0 fully saturated rings.